The number of aromatic nitrogens is 1. The number of nitrogens with zero attached hydrogens (tertiary/aromatic N) is 3. The molecule has 3 rings (SSSR count). The lowest BCUT2D eigenvalue weighted by molar-refractivity contribution is 0.0524. The van der Waals surface area contributed by atoms with Crippen molar-refractivity contribution in [3.63, 3.8) is 0 Å². The highest BCUT2D eigenvalue weighted by atomic mass is 35.5. The first-order chi connectivity index (χ1) is 14.9. The summed E-state index contributed by atoms with van der Waals surface area (Å²) in [4.78, 5) is 45.1. The van der Waals surface area contributed by atoms with Crippen LogP contribution in [0, 0.1) is 6.92 Å². The predicted octanol–water partition coefficient (Wildman–Crippen LogP) is 3.60. The van der Waals surface area contributed by atoms with Gasteiger partial charge in [-0.3, -0.25) is 4.79 Å². The summed E-state index contributed by atoms with van der Waals surface area (Å²) in [6, 6.07) is 9.83. The van der Waals surface area contributed by atoms with Gasteiger partial charge in [0.05, 0.1) is 17.9 Å². The van der Waals surface area contributed by atoms with Crippen LogP contribution in [0.15, 0.2) is 36.4 Å². The van der Waals surface area contributed by atoms with Gasteiger partial charge in [0.15, 0.2) is 0 Å². The monoisotopic (exact) mass is 444 g/mol. The third-order valence-corrected chi connectivity index (χ3v) is 5.18. The molecule has 31 heavy (non-hydrogen) atoms. The molecule has 1 N–H and O–H groups in total. The highest BCUT2D eigenvalue weighted by Gasteiger charge is 2.24. The Labute approximate surface area is 186 Å². The van der Waals surface area contributed by atoms with Crippen LogP contribution in [-0.4, -0.2) is 65.5 Å². The van der Waals surface area contributed by atoms with Crippen molar-refractivity contribution in [2.24, 2.45) is 0 Å². The number of esters is 1. The third-order valence-electron chi connectivity index (χ3n) is 4.95. The topological polar surface area (TPSA) is 91.8 Å². The van der Waals surface area contributed by atoms with Crippen LogP contribution < -0.4 is 5.32 Å². The second-order valence-corrected chi connectivity index (χ2v) is 7.56. The Morgan fingerprint density at radius 1 is 1.10 bits per heavy atom. The number of halogens is 1. The number of benzene rings is 1. The molecule has 1 aromatic heterocycles. The standard InChI is InChI=1S/C22H25ClN4O4/c1-3-31-21(29)18-8-9-19(24-15(18)2)20(28)26-10-5-11-27(13-12-26)22(30)25-17-7-4-6-16(23)14-17/h4,6-9,14H,3,5,10-13H2,1-2H3,(H,25,30). The summed E-state index contributed by atoms with van der Waals surface area (Å²) in [5.41, 5.74) is 1.68. The maximum atomic E-state index is 12.9. The molecule has 2 heterocycles. The van der Waals surface area contributed by atoms with Crippen LogP contribution in [-0.2, 0) is 4.74 Å². The van der Waals surface area contributed by atoms with Crippen LogP contribution in [0.4, 0.5) is 10.5 Å². The fraction of sp³-hybridized carbons (Fsp3) is 0.364. The fourth-order valence-corrected chi connectivity index (χ4v) is 3.55. The van der Waals surface area contributed by atoms with Crippen molar-refractivity contribution in [3.05, 3.63) is 58.4 Å². The van der Waals surface area contributed by atoms with Crippen molar-refractivity contribution >= 4 is 35.2 Å². The number of aryl methyl sites for hydroxylation is 1. The minimum Gasteiger partial charge on any atom is -0.462 e. The minimum absolute atomic E-state index is 0.226. The summed E-state index contributed by atoms with van der Waals surface area (Å²) < 4.78 is 5.00. The molecule has 1 aromatic carbocycles. The molecule has 0 radical (unpaired) electrons. The maximum Gasteiger partial charge on any atom is 0.339 e. The van der Waals surface area contributed by atoms with Crippen molar-refractivity contribution in [1.82, 2.24) is 14.8 Å². The van der Waals surface area contributed by atoms with E-state index >= 15 is 0 Å². The second-order valence-electron chi connectivity index (χ2n) is 7.12. The second kappa shape index (κ2) is 10.3. The number of amides is 3. The van der Waals surface area contributed by atoms with Crippen molar-refractivity contribution in [1.29, 1.82) is 0 Å². The van der Waals surface area contributed by atoms with E-state index in [9.17, 15) is 14.4 Å². The predicted molar refractivity (Wildman–Crippen MR) is 117 cm³/mol. The van der Waals surface area contributed by atoms with E-state index in [0.717, 1.165) is 0 Å². The number of ether oxygens (including phenoxy) is 1. The van der Waals surface area contributed by atoms with Gasteiger partial charge >= 0.3 is 12.0 Å². The Bertz CT molecular complexity index is 982. The Morgan fingerprint density at radius 3 is 2.55 bits per heavy atom. The smallest absolute Gasteiger partial charge is 0.339 e. The average molecular weight is 445 g/mol. The Morgan fingerprint density at radius 2 is 1.84 bits per heavy atom. The Kier molecular flexibility index (Phi) is 7.46. The molecule has 8 nitrogen and oxygen atoms in total. The Balaban J connectivity index is 1.62. The fourth-order valence-electron chi connectivity index (χ4n) is 3.36. The maximum absolute atomic E-state index is 12.9. The van der Waals surface area contributed by atoms with E-state index < -0.39 is 5.97 Å². The molecule has 0 unspecified atom stereocenters. The molecule has 0 bridgehead atoms. The van der Waals surface area contributed by atoms with Gasteiger partial charge in [0.2, 0.25) is 0 Å². The van der Waals surface area contributed by atoms with E-state index in [2.05, 4.69) is 10.3 Å². The molecular weight excluding hydrogens is 420 g/mol. The summed E-state index contributed by atoms with van der Waals surface area (Å²) >= 11 is 5.97. The summed E-state index contributed by atoms with van der Waals surface area (Å²) in [6.07, 6.45) is 0.647. The molecule has 0 saturated carbocycles. The number of nitrogens with one attached hydrogen (secondary N) is 1. The first-order valence-corrected chi connectivity index (χ1v) is 10.5. The number of pyridine rings is 1. The average Bonchev–Trinajstić information content (AvgIpc) is 2.99. The van der Waals surface area contributed by atoms with E-state index in [1.165, 1.54) is 6.07 Å². The first kappa shape index (κ1) is 22.6. The highest BCUT2D eigenvalue weighted by molar-refractivity contribution is 6.30. The molecule has 0 aliphatic carbocycles. The zero-order chi connectivity index (χ0) is 22.4. The van der Waals surface area contributed by atoms with Crippen LogP contribution in [0.25, 0.3) is 0 Å². The lowest BCUT2D eigenvalue weighted by atomic mass is 10.1. The molecule has 1 fully saturated rings. The zero-order valence-electron chi connectivity index (χ0n) is 17.6. The van der Waals surface area contributed by atoms with Gasteiger partial charge in [0.1, 0.15) is 5.69 Å². The summed E-state index contributed by atoms with van der Waals surface area (Å²) in [7, 11) is 0. The van der Waals surface area contributed by atoms with Gasteiger partial charge in [0.25, 0.3) is 5.91 Å². The summed E-state index contributed by atoms with van der Waals surface area (Å²) in [5.74, 6) is -0.682. The van der Waals surface area contributed by atoms with E-state index in [1.807, 2.05) is 0 Å². The molecule has 0 atom stereocenters. The van der Waals surface area contributed by atoms with Gasteiger partial charge in [-0.2, -0.15) is 0 Å². The minimum atomic E-state index is -0.456. The number of carbonyl (C=O) groups excluding carboxylic acids is 3. The third kappa shape index (κ3) is 5.73. The lowest BCUT2D eigenvalue weighted by Crippen LogP contribution is -2.39. The number of hydrogen-bond acceptors (Lipinski definition) is 5. The SMILES string of the molecule is CCOC(=O)c1ccc(C(=O)N2CCCN(C(=O)Nc3cccc(Cl)c3)CC2)nc1C. The number of hydrogen-bond donors (Lipinski definition) is 1. The molecule has 164 valence electrons. The van der Waals surface area contributed by atoms with Gasteiger partial charge in [-0.1, -0.05) is 17.7 Å². The first-order valence-electron chi connectivity index (χ1n) is 10.1. The normalized spacial score (nSPS) is 14.0. The quantitative estimate of drug-likeness (QED) is 0.727. The molecule has 2 aromatic rings. The molecular formula is C22H25ClN4O4. The number of anilines is 1. The van der Waals surface area contributed by atoms with Crippen LogP contribution >= 0.6 is 11.6 Å². The molecule has 1 aliphatic heterocycles. The molecule has 1 saturated heterocycles. The van der Waals surface area contributed by atoms with E-state index in [1.54, 1.807) is 54.0 Å². The molecule has 0 spiro atoms. The van der Waals surface area contributed by atoms with Gasteiger partial charge in [-0.15, -0.1) is 0 Å². The number of urea groups is 1. The van der Waals surface area contributed by atoms with Gasteiger partial charge < -0.3 is 19.9 Å². The van der Waals surface area contributed by atoms with Gasteiger partial charge in [-0.05, 0) is 50.6 Å². The van der Waals surface area contributed by atoms with Crippen molar-refractivity contribution in [2.45, 2.75) is 20.3 Å². The molecule has 1 aliphatic rings. The highest BCUT2D eigenvalue weighted by Crippen LogP contribution is 2.17. The van der Waals surface area contributed by atoms with Crippen molar-refractivity contribution < 1.29 is 19.1 Å². The number of carbonyl (C=O) groups is 3. The number of rotatable bonds is 4. The van der Waals surface area contributed by atoms with E-state index in [-0.39, 0.29) is 24.2 Å². The summed E-state index contributed by atoms with van der Waals surface area (Å²) in [6.45, 7) is 5.52. The van der Waals surface area contributed by atoms with Crippen LogP contribution in [0.2, 0.25) is 5.02 Å². The van der Waals surface area contributed by atoms with Gasteiger partial charge in [-0.25, -0.2) is 14.6 Å². The van der Waals surface area contributed by atoms with Crippen LogP contribution in [0.1, 0.15) is 39.9 Å². The van der Waals surface area contributed by atoms with E-state index in [0.29, 0.717) is 54.6 Å². The van der Waals surface area contributed by atoms with Gasteiger partial charge in [0, 0.05) is 36.9 Å². The van der Waals surface area contributed by atoms with E-state index in [4.69, 9.17) is 16.3 Å². The largest absolute Gasteiger partial charge is 0.462 e. The van der Waals surface area contributed by atoms with Crippen molar-refractivity contribution in [3.8, 4) is 0 Å². The molecule has 9 heteroatoms. The summed E-state index contributed by atoms with van der Waals surface area (Å²) in [5, 5.41) is 3.38. The lowest BCUT2D eigenvalue weighted by Gasteiger charge is -2.22. The van der Waals surface area contributed by atoms with Crippen LogP contribution in [0.5, 0.6) is 0 Å². The Hall–Kier alpha value is -3.13. The molecule has 3 amide bonds. The zero-order valence-corrected chi connectivity index (χ0v) is 18.3. The van der Waals surface area contributed by atoms with Crippen LogP contribution in [0.3, 0.4) is 0 Å². The van der Waals surface area contributed by atoms with Crippen molar-refractivity contribution in [2.75, 3.05) is 38.1 Å².